The largest absolute Gasteiger partial charge is 0.436 e. The SMILES string of the molecule is Cc1nc(C)c(C(=O)N2CCN(CC(C)(C)O)CC2)o1. The van der Waals surface area contributed by atoms with E-state index in [-0.39, 0.29) is 5.91 Å². The summed E-state index contributed by atoms with van der Waals surface area (Å²) in [5, 5.41) is 9.82. The second-order valence-corrected chi connectivity index (χ2v) is 6.03. The number of nitrogens with zero attached hydrogens (tertiary/aromatic N) is 3. The third-order valence-corrected chi connectivity index (χ3v) is 3.37. The van der Waals surface area contributed by atoms with Crippen molar-refractivity contribution in [2.45, 2.75) is 33.3 Å². The van der Waals surface area contributed by atoms with Crippen molar-refractivity contribution in [2.75, 3.05) is 32.7 Å². The average molecular weight is 281 g/mol. The van der Waals surface area contributed by atoms with Crippen LogP contribution in [0.3, 0.4) is 0 Å². The molecule has 6 nitrogen and oxygen atoms in total. The third kappa shape index (κ3) is 3.58. The van der Waals surface area contributed by atoms with Gasteiger partial charge in [-0.25, -0.2) is 4.98 Å². The minimum atomic E-state index is -0.704. The minimum absolute atomic E-state index is 0.0917. The number of carbonyl (C=O) groups is 1. The summed E-state index contributed by atoms with van der Waals surface area (Å²) in [6.07, 6.45) is 0. The lowest BCUT2D eigenvalue weighted by Gasteiger charge is -2.36. The van der Waals surface area contributed by atoms with Crippen LogP contribution in [0.15, 0.2) is 4.42 Å². The van der Waals surface area contributed by atoms with E-state index in [0.29, 0.717) is 37.0 Å². The number of hydrogen-bond donors (Lipinski definition) is 1. The Hall–Kier alpha value is -1.40. The molecule has 6 heteroatoms. The molecule has 0 bridgehead atoms. The third-order valence-electron chi connectivity index (χ3n) is 3.37. The Morgan fingerprint density at radius 2 is 1.90 bits per heavy atom. The number of aryl methyl sites for hydroxylation is 2. The first-order chi connectivity index (χ1) is 9.26. The number of amides is 1. The Morgan fingerprint density at radius 1 is 1.30 bits per heavy atom. The molecule has 0 unspecified atom stereocenters. The quantitative estimate of drug-likeness (QED) is 0.888. The number of oxazole rings is 1. The van der Waals surface area contributed by atoms with Crippen LogP contribution in [0.25, 0.3) is 0 Å². The number of β-amino-alcohol motifs (C(OH)–C–C–N with tert-alkyl or cyclic N) is 1. The zero-order valence-electron chi connectivity index (χ0n) is 12.6. The van der Waals surface area contributed by atoms with Gasteiger partial charge >= 0.3 is 0 Å². The van der Waals surface area contributed by atoms with Gasteiger partial charge in [-0.1, -0.05) is 0 Å². The molecule has 2 rings (SSSR count). The van der Waals surface area contributed by atoms with E-state index in [1.165, 1.54) is 0 Å². The summed E-state index contributed by atoms with van der Waals surface area (Å²) in [4.78, 5) is 20.4. The molecule has 1 amide bonds. The van der Waals surface area contributed by atoms with Crippen molar-refractivity contribution in [2.24, 2.45) is 0 Å². The zero-order chi connectivity index (χ0) is 14.9. The van der Waals surface area contributed by atoms with E-state index in [1.807, 2.05) is 0 Å². The van der Waals surface area contributed by atoms with Crippen LogP contribution >= 0.6 is 0 Å². The highest BCUT2D eigenvalue weighted by Crippen LogP contribution is 2.15. The van der Waals surface area contributed by atoms with E-state index in [2.05, 4.69) is 9.88 Å². The molecule has 1 saturated heterocycles. The number of aromatic nitrogens is 1. The summed E-state index contributed by atoms with van der Waals surface area (Å²) >= 11 is 0. The second kappa shape index (κ2) is 5.54. The van der Waals surface area contributed by atoms with Crippen LogP contribution in [0.5, 0.6) is 0 Å². The summed E-state index contributed by atoms with van der Waals surface area (Å²) < 4.78 is 5.38. The van der Waals surface area contributed by atoms with Gasteiger partial charge in [0, 0.05) is 39.6 Å². The van der Waals surface area contributed by atoms with Gasteiger partial charge in [-0.15, -0.1) is 0 Å². The van der Waals surface area contributed by atoms with Crippen LogP contribution < -0.4 is 0 Å². The molecule has 1 aliphatic heterocycles. The van der Waals surface area contributed by atoms with Crippen molar-refractivity contribution in [3.8, 4) is 0 Å². The minimum Gasteiger partial charge on any atom is -0.436 e. The van der Waals surface area contributed by atoms with E-state index in [1.54, 1.807) is 32.6 Å². The molecular weight excluding hydrogens is 258 g/mol. The fraction of sp³-hybridized carbons (Fsp3) is 0.714. The predicted molar refractivity (Wildman–Crippen MR) is 74.6 cm³/mol. The first kappa shape index (κ1) is 15.0. The molecule has 20 heavy (non-hydrogen) atoms. The van der Waals surface area contributed by atoms with Crippen molar-refractivity contribution in [1.29, 1.82) is 0 Å². The molecule has 1 aromatic rings. The molecule has 1 fully saturated rings. The fourth-order valence-corrected chi connectivity index (χ4v) is 2.53. The van der Waals surface area contributed by atoms with Crippen LogP contribution in [0.1, 0.15) is 36.0 Å². The summed E-state index contributed by atoms with van der Waals surface area (Å²) in [7, 11) is 0. The van der Waals surface area contributed by atoms with Gasteiger partial charge in [0.15, 0.2) is 5.89 Å². The number of rotatable bonds is 3. The monoisotopic (exact) mass is 281 g/mol. The Balaban J connectivity index is 1.94. The van der Waals surface area contributed by atoms with Crippen molar-refractivity contribution < 1.29 is 14.3 Å². The Kier molecular flexibility index (Phi) is 4.15. The van der Waals surface area contributed by atoms with Crippen LogP contribution in [-0.4, -0.2) is 64.1 Å². The summed E-state index contributed by atoms with van der Waals surface area (Å²) in [5.41, 5.74) is -0.0587. The maximum atomic E-state index is 12.4. The summed E-state index contributed by atoms with van der Waals surface area (Å²) in [5.74, 6) is 0.774. The molecule has 1 aliphatic rings. The highest BCUT2D eigenvalue weighted by atomic mass is 16.4. The Bertz CT molecular complexity index is 482. The highest BCUT2D eigenvalue weighted by molar-refractivity contribution is 5.92. The fourth-order valence-electron chi connectivity index (χ4n) is 2.53. The number of piperazine rings is 1. The van der Waals surface area contributed by atoms with Crippen molar-refractivity contribution in [1.82, 2.24) is 14.8 Å². The van der Waals surface area contributed by atoms with Gasteiger partial charge in [-0.2, -0.15) is 0 Å². The van der Waals surface area contributed by atoms with E-state index in [4.69, 9.17) is 4.42 Å². The van der Waals surface area contributed by atoms with Crippen LogP contribution in [0.4, 0.5) is 0 Å². The summed E-state index contributed by atoms with van der Waals surface area (Å²) in [6.45, 7) is 10.6. The lowest BCUT2D eigenvalue weighted by atomic mass is 10.1. The van der Waals surface area contributed by atoms with Gasteiger partial charge in [-0.3, -0.25) is 9.69 Å². The lowest BCUT2D eigenvalue weighted by molar-refractivity contribution is 0.0171. The molecule has 1 N–H and O–H groups in total. The molecule has 1 aromatic heterocycles. The van der Waals surface area contributed by atoms with E-state index in [0.717, 1.165) is 13.1 Å². The van der Waals surface area contributed by atoms with Crippen LogP contribution in [0.2, 0.25) is 0 Å². The van der Waals surface area contributed by atoms with Gasteiger partial charge in [0.05, 0.1) is 11.3 Å². The molecule has 112 valence electrons. The standard InChI is InChI=1S/C14H23N3O3/c1-10-12(20-11(2)15-10)13(18)17-7-5-16(6-8-17)9-14(3,4)19/h19H,5-9H2,1-4H3. The second-order valence-electron chi connectivity index (χ2n) is 6.03. The highest BCUT2D eigenvalue weighted by Gasteiger charge is 2.28. The smallest absolute Gasteiger partial charge is 0.291 e. The molecule has 0 saturated carbocycles. The molecule has 0 aromatic carbocycles. The van der Waals surface area contributed by atoms with Gasteiger partial charge < -0.3 is 14.4 Å². The van der Waals surface area contributed by atoms with Crippen LogP contribution in [0, 0.1) is 13.8 Å². The molecule has 0 spiro atoms. The van der Waals surface area contributed by atoms with Crippen LogP contribution in [-0.2, 0) is 0 Å². The van der Waals surface area contributed by atoms with Crippen molar-refractivity contribution in [3.05, 3.63) is 17.3 Å². The first-order valence-electron chi connectivity index (χ1n) is 6.94. The summed E-state index contributed by atoms with van der Waals surface area (Å²) in [6, 6.07) is 0. The van der Waals surface area contributed by atoms with Gasteiger partial charge in [0.25, 0.3) is 5.91 Å². The molecule has 0 atom stereocenters. The molecular formula is C14H23N3O3. The Morgan fingerprint density at radius 3 is 2.35 bits per heavy atom. The van der Waals surface area contributed by atoms with E-state index >= 15 is 0 Å². The number of carbonyl (C=O) groups excluding carboxylic acids is 1. The van der Waals surface area contributed by atoms with Gasteiger partial charge in [0.2, 0.25) is 5.76 Å². The topological polar surface area (TPSA) is 69.8 Å². The first-order valence-corrected chi connectivity index (χ1v) is 6.94. The maximum Gasteiger partial charge on any atom is 0.291 e. The van der Waals surface area contributed by atoms with E-state index < -0.39 is 5.60 Å². The van der Waals surface area contributed by atoms with Crippen molar-refractivity contribution >= 4 is 5.91 Å². The van der Waals surface area contributed by atoms with Gasteiger partial charge in [0.1, 0.15) is 0 Å². The van der Waals surface area contributed by atoms with Gasteiger partial charge in [-0.05, 0) is 20.8 Å². The maximum absolute atomic E-state index is 12.4. The Labute approximate surface area is 119 Å². The number of aliphatic hydroxyl groups is 1. The normalized spacial score (nSPS) is 17.6. The van der Waals surface area contributed by atoms with E-state index in [9.17, 15) is 9.90 Å². The van der Waals surface area contributed by atoms with Crippen molar-refractivity contribution in [3.63, 3.8) is 0 Å². The average Bonchev–Trinajstić information content (AvgIpc) is 2.66. The predicted octanol–water partition coefficient (Wildman–Crippen LogP) is 0.820. The number of hydrogen-bond acceptors (Lipinski definition) is 5. The molecule has 0 aliphatic carbocycles. The molecule has 2 heterocycles. The molecule has 0 radical (unpaired) electrons. The lowest BCUT2D eigenvalue weighted by Crippen LogP contribution is -2.52. The zero-order valence-corrected chi connectivity index (χ0v) is 12.6.